The largest absolute Gasteiger partial charge is 0.315 e. The number of hydrogen-bond donors (Lipinski definition) is 1. The Morgan fingerprint density at radius 2 is 1.93 bits per heavy atom. The van der Waals surface area contributed by atoms with E-state index < -0.39 is 0 Å². The van der Waals surface area contributed by atoms with Crippen LogP contribution in [0.2, 0.25) is 0 Å². The second kappa shape index (κ2) is 7.53. The molecule has 15 heavy (non-hydrogen) atoms. The van der Waals surface area contributed by atoms with E-state index in [-0.39, 0.29) is 0 Å². The van der Waals surface area contributed by atoms with Crippen LogP contribution in [0.5, 0.6) is 0 Å². The number of hydrogen-bond acceptors (Lipinski definition) is 3. The molecule has 0 saturated carbocycles. The average Bonchev–Trinajstić information content (AvgIpc) is 2.44. The van der Waals surface area contributed by atoms with Gasteiger partial charge in [0.1, 0.15) is 0 Å². The Morgan fingerprint density at radius 3 is 2.67 bits per heavy atom. The van der Waals surface area contributed by atoms with Crippen LogP contribution in [-0.4, -0.2) is 48.6 Å². The molecule has 1 fully saturated rings. The van der Waals surface area contributed by atoms with Crippen molar-refractivity contribution in [3.05, 3.63) is 0 Å². The minimum atomic E-state index is 0.697. The maximum absolute atomic E-state index is 3.55. The van der Waals surface area contributed by atoms with E-state index in [2.05, 4.69) is 42.7 Å². The molecule has 0 spiro atoms. The van der Waals surface area contributed by atoms with Crippen LogP contribution < -0.4 is 5.32 Å². The number of nitrogens with zero attached hydrogens (tertiary/aromatic N) is 1. The second-order valence-corrected chi connectivity index (χ2v) is 6.13. The molecule has 1 N–H and O–H groups in total. The molecule has 1 aliphatic rings. The summed E-state index contributed by atoms with van der Waals surface area (Å²) in [6, 6.07) is 0.697. The molecule has 2 nitrogen and oxygen atoms in total. The lowest BCUT2D eigenvalue weighted by molar-refractivity contribution is 0.219. The lowest BCUT2D eigenvalue weighted by Crippen LogP contribution is -2.42. The summed E-state index contributed by atoms with van der Waals surface area (Å²) in [6.45, 7) is 11.7. The van der Waals surface area contributed by atoms with Crippen molar-refractivity contribution >= 4 is 11.8 Å². The van der Waals surface area contributed by atoms with Gasteiger partial charge in [0.15, 0.2) is 0 Å². The molecule has 0 bridgehead atoms. The van der Waals surface area contributed by atoms with E-state index in [1.54, 1.807) is 0 Å². The van der Waals surface area contributed by atoms with E-state index in [1.807, 2.05) is 0 Å². The molecule has 90 valence electrons. The van der Waals surface area contributed by atoms with Gasteiger partial charge in [0.05, 0.1) is 0 Å². The van der Waals surface area contributed by atoms with Gasteiger partial charge in [-0.25, -0.2) is 0 Å². The maximum atomic E-state index is 3.55. The van der Waals surface area contributed by atoms with Gasteiger partial charge >= 0.3 is 0 Å². The van der Waals surface area contributed by atoms with E-state index in [4.69, 9.17) is 0 Å². The smallest absolute Gasteiger partial charge is 0.0192 e. The average molecular weight is 230 g/mol. The molecule has 0 aliphatic carbocycles. The van der Waals surface area contributed by atoms with E-state index in [9.17, 15) is 0 Å². The molecule has 1 aliphatic heterocycles. The molecule has 0 aromatic rings. The van der Waals surface area contributed by atoms with Crippen LogP contribution in [0.4, 0.5) is 0 Å². The molecule has 1 heterocycles. The fraction of sp³-hybridized carbons (Fsp3) is 1.00. The van der Waals surface area contributed by atoms with Crippen LogP contribution in [0.25, 0.3) is 0 Å². The van der Waals surface area contributed by atoms with Gasteiger partial charge in [-0.15, -0.1) is 0 Å². The lowest BCUT2D eigenvalue weighted by atomic mass is 10.2. The summed E-state index contributed by atoms with van der Waals surface area (Å²) in [6.07, 6.45) is 1.36. The van der Waals surface area contributed by atoms with Crippen molar-refractivity contribution in [3.63, 3.8) is 0 Å². The van der Waals surface area contributed by atoms with E-state index in [0.717, 1.165) is 19.0 Å². The molecule has 0 aromatic heterocycles. The van der Waals surface area contributed by atoms with Gasteiger partial charge < -0.3 is 5.32 Å². The fourth-order valence-corrected chi connectivity index (χ4v) is 2.82. The Balaban J connectivity index is 2.16. The highest BCUT2D eigenvalue weighted by molar-refractivity contribution is 7.99. The third kappa shape index (κ3) is 5.79. The lowest BCUT2D eigenvalue weighted by Gasteiger charge is -2.27. The zero-order valence-corrected chi connectivity index (χ0v) is 11.3. The Kier molecular flexibility index (Phi) is 6.69. The molecule has 1 rings (SSSR count). The van der Waals surface area contributed by atoms with Crippen molar-refractivity contribution in [2.45, 2.75) is 33.2 Å². The van der Waals surface area contributed by atoms with Gasteiger partial charge in [0.2, 0.25) is 0 Å². The first kappa shape index (κ1) is 13.3. The van der Waals surface area contributed by atoms with Gasteiger partial charge in [0.25, 0.3) is 0 Å². The van der Waals surface area contributed by atoms with Crippen LogP contribution in [0, 0.1) is 5.92 Å². The second-order valence-electron chi connectivity index (χ2n) is 4.90. The predicted octanol–water partition coefficient (Wildman–Crippen LogP) is 2.06. The van der Waals surface area contributed by atoms with Crippen molar-refractivity contribution in [3.8, 4) is 0 Å². The Hall–Kier alpha value is 0.270. The minimum absolute atomic E-state index is 0.697. The summed E-state index contributed by atoms with van der Waals surface area (Å²) in [5, 5.41) is 3.55. The summed E-state index contributed by atoms with van der Waals surface area (Å²) in [7, 11) is 0. The third-order valence-electron chi connectivity index (χ3n) is 2.87. The standard InChI is InChI=1S/C12H26N2S/c1-11(2)9-13-10-12(3)14-5-4-7-15-8-6-14/h11-13H,4-10H2,1-3H3. The molecular formula is C12H26N2S. The maximum Gasteiger partial charge on any atom is 0.0192 e. The molecule has 1 saturated heterocycles. The highest BCUT2D eigenvalue weighted by Gasteiger charge is 2.15. The van der Waals surface area contributed by atoms with Crippen LogP contribution >= 0.6 is 11.8 Å². The van der Waals surface area contributed by atoms with Crippen molar-refractivity contribution in [2.75, 3.05) is 37.7 Å². The van der Waals surface area contributed by atoms with Gasteiger partial charge in [-0.3, -0.25) is 4.90 Å². The fourth-order valence-electron chi connectivity index (χ4n) is 1.92. The van der Waals surface area contributed by atoms with Gasteiger partial charge in [-0.2, -0.15) is 11.8 Å². The van der Waals surface area contributed by atoms with Crippen molar-refractivity contribution in [1.29, 1.82) is 0 Å². The number of rotatable bonds is 5. The summed E-state index contributed by atoms with van der Waals surface area (Å²) in [5.74, 6) is 3.42. The number of thioether (sulfide) groups is 1. The van der Waals surface area contributed by atoms with E-state index >= 15 is 0 Å². The summed E-state index contributed by atoms with van der Waals surface area (Å²) in [5.41, 5.74) is 0. The van der Waals surface area contributed by atoms with Gasteiger partial charge in [-0.05, 0) is 38.1 Å². The molecular weight excluding hydrogens is 204 g/mol. The zero-order chi connectivity index (χ0) is 11.1. The van der Waals surface area contributed by atoms with Crippen molar-refractivity contribution in [2.24, 2.45) is 5.92 Å². The molecule has 0 aromatic carbocycles. The number of nitrogens with one attached hydrogen (secondary N) is 1. The molecule has 0 amide bonds. The highest BCUT2D eigenvalue weighted by Crippen LogP contribution is 2.12. The zero-order valence-electron chi connectivity index (χ0n) is 10.5. The van der Waals surface area contributed by atoms with E-state index in [1.165, 1.54) is 31.0 Å². The third-order valence-corrected chi connectivity index (χ3v) is 3.92. The topological polar surface area (TPSA) is 15.3 Å². The first-order valence-electron chi connectivity index (χ1n) is 6.22. The van der Waals surface area contributed by atoms with Crippen LogP contribution in [0.1, 0.15) is 27.2 Å². The molecule has 1 atom stereocenters. The Labute approximate surface area is 99.2 Å². The normalized spacial score (nSPS) is 21.6. The van der Waals surface area contributed by atoms with Gasteiger partial charge in [-0.1, -0.05) is 13.8 Å². The summed E-state index contributed by atoms with van der Waals surface area (Å²) in [4.78, 5) is 2.63. The first-order valence-corrected chi connectivity index (χ1v) is 7.38. The highest BCUT2D eigenvalue weighted by atomic mass is 32.2. The Bertz CT molecular complexity index is 154. The van der Waals surface area contributed by atoms with Crippen LogP contribution in [0.15, 0.2) is 0 Å². The summed E-state index contributed by atoms with van der Waals surface area (Å²) < 4.78 is 0. The predicted molar refractivity (Wildman–Crippen MR) is 70.7 cm³/mol. The summed E-state index contributed by atoms with van der Waals surface area (Å²) >= 11 is 2.10. The Morgan fingerprint density at radius 1 is 1.13 bits per heavy atom. The van der Waals surface area contributed by atoms with Crippen LogP contribution in [-0.2, 0) is 0 Å². The van der Waals surface area contributed by atoms with E-state index in [0.29, 0.717) is 6.04 Å². The minimum Gasteiger partial charge on any atom is -0.315 e. The molecule has 3 heteroatoms. The van der Waals surface area contributed by atoms with Crippen molar-refractivity contribution in [1.82, 2.24) is 10.2 Å². The van der Waals surface area contributed by atoms with Crippen LogP contribution in [0.3, 0.4) is 0 Å². The molecule has 1 unspecified atom stereocenters. The van der Waals surface area contributed by atoms with Crippen molar-refractivity contribution < 1.29 is 0 Å². The molecule has 0 radical (unpaired) electrons. The first-order chi connectivity index (χ1) is 7.20. The quantitative estimate of drug-likeness (QED) is 0.778. The monoisotopic (exact) mass is 230 g/mol. The van der Waals surface area contributed by atoms with Gasteiger partial charge in [0, 0.05) is 24.9 Å². The SMILES string of the molecule is CC(C)CNCC(C)N1CCCSCC1.